The van der Waals surface area contributed by atoms with Gasteiger partial charge in [-0.05, 0) is 57.4 Å². The number of nitrogens with two attached hydrogens (primary N) is 1. The van der Waals surface area contributed by atoms with Gasteiger partial charge < -0.3 is 4.90 Å². The summed E-state index contributed by atoms with van der Waals surface area (Å²) in [5.74, 6) is 7.46. The van der Waals surface area contributed by atoms with E-state index in [0.717, 1.165) is 23.9 Å². The van der Waals surface area contributed by atoms with Gasteiger partial charge in [0.25, 0.3) is 0 Å². The van der Waals surface area contributed by atoms with Crippen molar-refractivity contribution in [1.29, 1.82) is 0 Å². The van der Waals surface area contributed by atoms with Crippen LogP contribution in [0, 0.1) is 11.8 Å². The maximum absolute atomic E-state index is 5.73. The van der Waals surface area contributed by atoms with E-state index in [1.165, 1.54) is 38.5 Å². The number of nitrogens with one attached hydrogen (secondary N) is 1. The van der Waals surface area contributed by atoms with Crippen molar-refractivity contribution in [2.24, 2.45) is 17.7 Å². The lowest BCUT2D eigenvalue weighted by Crippen LogP contribution is -2.49. The first-order valence-electron chi connectivity index (χ1n) is 6.47. The molecule has 3 nitrogen and oxygen atoms in total. The summed E-state index contributed by atoms with van der Waals surface area (Å²) >= 11 is 0. The van der Waals surface area contributed by atoms with Gasteiger partial charge in [0.15, 0.2) is 0 Å². The van der Waals surface area contributed by atoms with Gasteiger partial charge in [-0.3, -0.25) is 11.3 Å². The highest BCUT2D eigenvalue weighted by Gasteiger charge is 2.44. The Balaban J connectivity index is 1.68. The molecule has 0 radical (unpaired) electrons. The van der Waals surface area contributed by atoms with E-state index in [1.54, 1.807) is 0 Å². The van der Waals surface area contributed by atoms with Gasteiger partial charge >= 0.3 is 0 Å². The number of hydrogen-bond acceptors (Lipinski definition) is 3. The van der Waals surface area contributed by atoms with Crippen LogP contribution < -0.4 is 11.3 Å². The van der Waals surface area contributed by atoms with Gasteiger partial charge in [0.1, 0.15) is 0 Å². The Bertz CT molecular complexity index is 225. The molecule has 2 saturated heterocycles. The molecule has 3 aliphatic rings. The number of hydrogen-bond donors (Lipinski definition) is 2. The van der Waals surface area contributed by atoms with Crippen LogP contribution in [0.15, 0.2) is 0 Å². The molecule has 0 amide bonds. The van der Waals surface area contributed by atoms with Crippen molar-refractivity contribution in [2.75, 3.05) is 7.05 Å². The van der Waals surface area contributed by atoms with Crippen LogP contribution in [0.5, 0.6) is 0 Å². The summed E-state index contributed by atoms with van der Waals surface area (Å²) in [4.78, 5) is 2.61. The van der Waals surface area contributed by atoms with Crippen molar-refractivity contribution in [3.63, 3.8) is 0 Å². The predicted molar refractivity (Wildman–Crippen MR) is 61.1 cm³/mol. The van der Waals surface area contributed by atoms with E-state index >= 15 is 0 Å². The quantitative estimate of drug-likeness (QED) is 0.540. The minimum Gasteiger partial charge on any atom is -0.300 e. The van der Waals surface area contributed by atoms with Crippen molar-refractivity contribution in [3.05, 3.63) is 0 Å². The third-order valence-corrected chi connectivity index (χ3v) is 4.96. The number of piperidine rings is 1. The van der Waals surface area contributed by atoms with Crippen molar-refractivity contribution < 1.29 is 0 Å². The molecule has 3 N–H and O–H groups in total. The molecule has 86 valence electrons. The Labute approximate surface area is 92.4 Å². The lowest BCUT2D eigenvalue weighted by atomic mass is 9.83. The van der Waals surface area contributed by atoms with Crippen molar-refractivity contribution >= 4 is 0 Å². The highest BCUT2D eigenvalue weighted by atomic mass is 15.3. The molecule has 3 fully saturated rings. The van der Waals surface area contributed by atoms with Gasteiger partial charge in [-0.2, -0.15) is 0 Å². The molecule has 0 aromatic heterocycles. The predicted octanol–water partition coefficient (Wildman–Crippen LogP) is 1.10. The second-order valence-electron chi connectivity index (χ2n) is 5.81. The van der Waals surface area contributed by atoms with Crippen LogP contribution in [-0.4, -0.2) is 30.1 Å². The average molecular weight is 209 g/mol. The molecule has 0 aromatic carbocycles. The monoisotopic (exact) mass is 209 g/mol. The normalized spacial score (nSPS) is 43.2. The van der Waals surface area contributed by atoms with Gasteiger partial charge in [-0.15, -0.1) is 0 Å². The van der Waals surface area contributed by atoms with E-state index in [2.05, 4.69) is 17.4 Å². The molecule has 3 rings (SSSR count). The van der Waals surface area contributed by atoms with Gasteiger partial charge in [0.2, 0.25) is 0 Å². The molecular weight excluding hydrogens is 186 g/mol. The van der Waals surface area contributed by atoms with Crippen molar-refractivity contribution in [1.82, 2.24) is 10.3 Å². The molecule has 0 spiro atoms. The molecule has 3 unspecified atom stereocenters. The Morgan fingerprint density at radius 1 is 1.07 bits per heavy atom. The minimum absolute atomic E-state index is 0.613. The Morgan fingerprint density at radius 2 is 1.67 bits per heavy atom. The summed E-state index contributed by atoms with van der Waals surface area (Å²) in [6.45, 7) is 0. The molecule has 1 saturated carbocycles. The summed E-state index contributed by atoms with van der Waals surface area (Å²) in [5.41, 5.74) is 3.10. The highest BCUT2D eigenvalue weighted by molar-refractivity contribution is 4.99. The summed E-state index contributed by atoms with van der Waals surface area (Å²) in [6, 6.07) is 2.31. The Kier molecular flexibility index (Phi) is 2.49. The molecule has 2 bridgehead atoms. The molecular formula is C12H23N3. The maximum Gasteiger partial charge on any atom is 0.0268 e. The summed E-state index contributed by atoms with van der Waals surface area (Å²) in [5, 5.41) is 0. The zero-order valence-corrected chi connectivity index (χ0v) is 9.65. The van der Waals surface area contributed by atoms with Crippen LogP contribution in [0.2, 0.25) is 0 Å². The van der Waals surface area contributed by atoms with Gasteiger partial charge in [0, 0.05) is 18.1 Å². The standard InChI is InChI=1S/C12H23N3/c1-15-10-4-5-11(15)7-9(6-10)12(14-13)8-2-3-8/h8-12,14H,2-7,13H2,1H3. The highest BCUT2D eigenvalue weighted by Crippen LogP contribution is 2.44. The molecule has 3 heteroatoms. The fourth-order valence-corrected chi connectivity index (χ4v) is 3.86. The van der Waals surface area contributed by atoms with Crippen LogP contribution in [0.4, 0.5) is 0 Å². The molecule has 2 heterocycles. The summed E-state index contributed by atoms with van der Waals surface area (Å²) < 4.78 is 0. The number of hydrazine groups is 1. The van der Waals surface area contributed by atoms with Crippen LogP contribution >= 0.6 is 0 Å². The van der Waals surface area contributed by atoms with Crippen LogP contribution in [0.25, 0.3) is 0 Å². The Morgan fingerprint density at radius 3 is 2.13 bits per heavy atom. The lowest BCUT2D eigenvalue weighted by Gasteiger charge is -2.39. The third-order valence-electron chi connectivity index (χ3n) is 4.96. The smallest absolute Gasteiger partial charge is 0.0268 e. The van der Waals surface area contributed by atoms with Gasteiger partial charge in [-0.1, -0.05) is 0 Å². The van der Waals surface area contributed by atoms with Crippen molar-refractivity contribution in [3.8, 4) is 0 Å². The van der Waals surface area contributed by atoms with E-state index in [0.29, 0.717) is 6.04 Å². The van der Waals surface area contributed by atoms with Gasteiger partial charge in [0.05, 0.1) is 0 Å². The molecule has 0 aromatic rings. The number of fused-ring (bicyclic) bond motifs is 2. The zero-order chi connectivity index (χ0) is 10.4. The fraction of sp³-hybridized carbons (Fsp3) is 1.00. The topological polar surface area (TPSA) is 41.3 Å². The van der Waals surface area contributed by atoms with E-state index in [9.17, 15) is 0 Å². The Hall–Kier alpha value is -0.120. The van der Waals surface area contributed by atoms with Crippen LogP contribution in [0.3, 0.4) is 0 Å². The summed E-state index contributed by atoms with van der Waals surface area (Å²) in [7, 11) is 2.31. The molecule has 3 atom stereocenters. The second kappa shape index (κ2) is 3.72. The third kappa shape index (κ3) is 1.71. The molecule has 15 heavy (non-hydrogen) atoms. The van der Waals surface area contributed by atoms with Crippen LogP contribution in [-0.2, 0) is 0 Å². The number of nitrogens with zero attached hydrogens (tertiary/aromatic N) is 1. The fourth-order valence-electron chi connectivity index (χ4n) is 3.86. The first-order valence-corrected chi connectivity index (χ1v) is 6.47. The number of rotatable bonds is 3. The van der Waals surface area contributed by atoms with E-state index in [-0.39, 0.29) is 0 Å². The SMILES string of the molecule is CN1C2CCC1CC(C(NN)C1CC1)C2. The minimum atomic E-state index is 0.613. The largest absolute Gasteiger partial charge is 0.300 e. The molecule has 1 aliphatic carbocycles. The first kappa shape index (κ1) is 10.1. The van der Waals surface area contributed by atoms with Gasteiger partial charge in [-0.25, -0.2) is 0 Å². The maximum atomic E-state index is 5.73. The summed E-state index contributed by atoms with van der Waals surface area (Å²) in [6.07, 6.45) is 8.38. The molecule has 2 aliphatic heterocycles. The van der Waals surface area contributed by atoms with E-state index in [1.807, 2.05) is 0 Å². The van der Waals surface area contributed by atoms with Crippen LogP contribution in [0.1, 0.15) is 38.5 Å². The lowest BCUT2D eigenvalue weighted by molar-refractivity contribution is 0.107. The average Bonchev–Trinajstić information content (AvgIpc) is 3.01. The zero-order valence-electron chi connectivity index (χ0n) is 9.65. The second-order valence-corrected chi connectivity index (χ2v) is 5.81. The van der Waals surface area contributed by atoms with E-state index in [4.69, 9.17) is 5.84 Å². The van der Waals surface area contributed by atoms with Crippen molar-refractivity contribution in [2.45, 2.75) is 56.7 Å². The van der Waals surface area contributed by atoms with E-state index < -0.39 is 0 Å². The first-order chi connectivity index (χ1) is 7.29.